The Labute approximate surface area is 161 Å². The topological polar surface area (TPSA) is 58.6 Å². The molecule has 26 heavy (non-hydrogen) atoms. The molecule has 0 saturated heterocycles. The van der Waals surface area contributed by atoms with Gasteiger partial charge < -0.3 is 15.0 Å². The molecule has 1 aliphatic heterocycles. The second-order valence-electron chi connectivity index (χ2n) is 5.98. The standard InChI is InChI=1S/C19H18Cl2N2O3/c1-12(24)22-18-16-11-14(21)5-8-17(16)23(19(18)25)9-2-10-26-15-6-3-13(20)4-7-15/h3-8,11,18H,2,9-10H2,1H3,(H,22,24)/t18-/m0/s1. The van der Waals surface area contributed by atoms with Gasteiger partial charge in [0, 0.05) is 34.8 Å². The van der Waals surface area contributed by atoms with E-state index in [-0.39, 0.29) is 11.8 Å². The van der Waals surface area contributed by atoms with E-state index < -0.39 is 6.04 Å². The molecule has 3 rings (SSSR count). The fraction of sp³-hybridized carbons (Fsp3) is 0.263. The highest BCUT2D eigenvalue weighted by Crippen LogP contribution is 2.37. The average Bonchev–Trinajstić information content (AvgIpc) is 2.84. The van der Waals surface area contributed by atoms with E-state index in [4.69, 9.17) is 27.9 Å². The number of hydrogen-bond donors (Lipinski definition) is 1. The number of anilines is 1. The number of amides is 2. The first-order valence-corrected chi connectivity index (χ1v) is 8.97. The minimum absolute atomic E-state index is 0.163. The quantitative estimate of drug-likeness (QED) is 0.756. The summed E-state index contributed by atoms with van der Waals surface area (Å²) in [6.07, 6.45) is 0.642. The van der Waals surface area contributed by atoms with Crippen LogP contribution >= 0.6 is 23.2 Å². The van der Waals surface area contributed by atoms with E-state index in [0.29, 0.717) is 29.6 Å². The molecule has 0 fully saturated rings. The predicted octanol–water partition coefficient (Wildman–Crippen LogP) is 3.99. The van der Waals surface area contributed by atoms with E-state index in [1.807, 2.05) is 0 Å². The lowest BCUT2D eigenvalue weighted by Crippen LogP contribution is -2.37. The van der Waals surface area contributed by atoms with Crippen molar-refractivity contribution in [3.63, 3.8) is 0 Å². The maximum absolute atomic E-state index is 12.7. The summed E-state index contributed by atoms with van der Waals surface area (Å²) >= 11 is 11.9. The molecule has 0 saturated carbocycles. The Bertz CT molecular complexity index is 824. The Morgan fingerprint density at radius 2 is 1.85 bits per heavy atom. The average molecular weight is 393 g/mol. The van der Waals surface area contributed by atoms with E-state index >= 15 is 0 Å². The van der Waals surface area contributed by atoms with Crippen LogP contribution in [0.25, 0.3) is 0 Å². The summed E-state index contributed by atoms with van der Waals surface area (Å²) in [4.78, 5) is 25.8. The molecule has 0 bridgehead atoms. The number of halogens is 2. The van der Waals surface area contributed by atoms with Gasteiger partial charge in [-0.1, -0.05) is 23.2 Å². The van der Waals surface area contributed by atoms with Crippen LogP contribution in [-0.2, 0) is 9.59 Å². The molecule has 0 aliphatic carbocycles. The number of nitrogens with one attached hydrogen (secondary N) is 1. The SMILES string of the molecule is CC(=O)N[C@@H]1C(=O)N(CCCOc2ccc(Cl)cc2)c2ccc(Cl)cc21. The summed E-state index contributed by atoms with van der Waals surface area (Å²) in [6, 6.07) is 11.7. The smallest absolute Gasteiger partial charge is 0.254 e. The van der Waals surface area contributed by atoms with E-state index in [2.05, 4.69) is 5.32 Å². The van der Waals surface area contributed by atoms with Crippen molar-refractivity contribution in [3.05, 3.63) is 58.1 Å². The third-order valence-corrected chi connectivity index (χ3v) is 4.55. The maximum Gasteiger partial charge on any atom is 0.254 e. The number of hydrogen-bond acceptors (Lipinski definition) is 3. The summed E-state index contributed by atoms with van der Waals surface area (Å²) in [7, 11) is 0. The van der Waals surface area contributed by atoms with Gasteiger partial charge in [0.15, 0.2) is 0 Å². The third kappa shape index (κ3) is 4.11. The molecular formula is C19H18Cl2N2O3. The van der Waals surface area contributed by atoms with Crippen molar-refractivity contribution in [2.75, 3.05) is 18.1 Å². The first-order chi connectivity index (χ1) is 12.5. The second kappa shape index (κ2) is 7.98. The van der Waals surface area contributed by atoms with Gasteiger partial charge in [0.25, 0.3) is 5.91 Å². The Morgan fingerprint density at radius 1 is 1.15 bits per heavy atom. The molecular weight excluding hydrogens is 375 g/mol. The molecule has 0 radical (unpaired) electrons. The number of fused-ring (bicyclic) bond motifs is 1. The first-order valence-electron chi connectivity index (χ1n) is 8.22. The summed E-state index contributed by atoms with van der Waals surface area (Å²) < 4.78 is 5.67. The van der Waals surface area contributed by atoms with Crippen LogP contribution in [0.2, 0.25) is 10.0 Å². The van der Waals surface area contributed by atoms with Crippen LogP contribution in [0.3, 0.4) is 0 Å². The zero-order chi connectivity index (χ0) is 18.7. The minimum Gasteiger partial charge on any atom is -0.494 e. The number of nitrogens with zero attached hydrogens (tertiary/aromatic N) is 1. The summed E-state index contributed by atoms with van der Waals surface area (Å²) in [5.74, 6) is 0.302. The lowest BCUT2D eigenvalue weighted by Gasteiger charge is -2.18. The highest BCUT2D eigenvalue weighted by atomic mass is 35.5. The van der Waals surface area contributed by atoms with Crippen molar-refractivity contribution >= 4 is 40.7 Å². The normalized spacial score (nSPS) is 15.7. The molecule has 2 aromatic rings. The van der Waals surface area contributed by atoms with E-state index in [1.54, 1.807) is 47.4 Å². The van der Waals surface area contributed by atoms with Crippen LogP contribution in [-0.4, -0.2) is 25.0 Å². The van der Waals surface area contributed by atoms with E-state index in [1.165, 1.54) is 6.92 Å². The molecule has 7 heteroatoms. The lowest BCUT2D eigenvalue weighted by atomic mass is 10.1. The highest BCUT2D eigenvalue weighted by molar-refractivity contribution is 6.31. The molecule has 136 valence electrons. The number of carbonyl (C=O) groups excluding carboxylic acids is 2. The fourth-order valence-electron chi connectivity index (χ4n) is 2.93. The highest BCUT2D eigenvalue weighted by Gasteiger charge is 2.37. The largest absolute Gasteiger partial charge is 0.494 e. The van der Waals surface area contributed by atoms with Crippen molar-refractivity contribution in [2.45, 2.75) is 19.4 Å². The lowest BCUT2D eigenvalue weighted by molar-refractivity contribution is -0.126. The van der Waals surface area contributed by atoms with E-state index in [9.17, 15) is 9.59 Å². The molecule has 1 atom stereocenters. The maximum atomic E-state index is 12.7. The van der Waals surface area contributed by atoms with Crippen LogP contribution in [0.4, 0.5) is 5.69 Å². The van der Waals surface area contributed by atoms with Gasteiger partial charge in [-0.3, -0.25) is 9.59 Å². The number of carbonyl (C=O) groups is 2. The molecule has 0 unspecified atom stereocenters. The van der Waals surface area contributed by atoms with Crippen molar-refractivity contribution < 1.29 is 14.3 Å². The van der Waals surface area contributed by atoms with Gasteiger partial charge in [0.05, 0.1) is 6.61 Å². The van der Waals surface area contributed by atoms with Crippen LogP contribution in [0.15, 0.2) is 42.5 Å². The summed E-state index contributed by atoms with van der Waals surface area (Å²) in [5, 5.41) is 3.87. The van der Waals surface area contributed by atoms with Gasteiger partial charge in [0.2, 0.25) is 5.91 Å². The van der Waals surface area contributed by atoms with Gasteiger partial charge in [-0.25, -0.2) is 0 Å². The third-order valence-electron chi connectivity index (χ3n) is 4.06. The molecule has 0 aromatic heterocycles. The molecule has 1 N–H and O–H groups in total. The Balaban J connectivity index is 1.65. The molecule has 1 aliphatic rings. The van der Waals surface area contributed by atoms with Gasteiger partial charge in [-0.05, 0) is 48.9 Å². The van der Waals surface area contributed by atoms with Crippen LogP contribution in [0.1, 0.15) is 24.9 Å². The van der Waals surface area contributed by atoms with E-state index in [0.717, 1.165) is 17.0 Å². The van der Waals surface area contributed by atoms with Crippen LogP contribution in [0, 0.1) is 0 Å². The Morgan fingerprint density at radius 3 is 2.54 bits per heavy atom. The van der Waals surface area contributed by atoms with Gasteiger partial charge in [0.1, 0.15) is 11.8 Å². The van der Waals surface area contributed by atoms with Gasteiger partial charge >= 0.3 is 0 Å². The monoisotopic (exact) mass is 392 g/mol. The van der Waals surface area contributed by atoms with Crippen LogP contribution in [0.5, 0.6) is 5.75 Å². The molecule has 2 aromatic carbocycles. The number of ether oxygens (including phenoxy) is 1. The predicted molar refractivity (Wildman–Crippen MR) is 102 cm³/mol. The van der Waals surface area contributed by atoms with Gasteiger partial charge in [-0.2, -0.15) is 0 Å². The molecule has 1 heterocycles. The summed E-state index contributed by atoms with van der Waals surface area (Å²) in [5.41, 5.74) is 1.49. The van der Waals surface area contributed by atoms with Gasteiger partial charge in [-0.15, -0.1) is 0 Å². The Kier molecular flexibility index (Phi) is 5.69. The number of benzene rings is 2. The minimum atomic E-state index is -0.696. The van der Waals surface area contributed by atoms with Crippen molar-refractivity contribution in [3.8, 4) is 5.75 Å². The molecule has 5 nitrogen and oxygen atoms in total. The fourth-order valence-corrected chi connectivity index (χ4v) is 3.23. The van der Waals surface area contributed by atoms with Crippen molar-refractivity contribution in [1.29, 1.82) is 0 Å². The molecule has 0 spiro atoms. The zero-order valence-corrected chi connectivity index (χ0v) is 15.7. The van der Waals surface area contributed by atoms with Crippen LogP contribution < -0.4 is 15.0 Å². The Hall–Kier alpha value is -2.24. The van der Waals surface area contributed by atoms with Crippen molar-refractivity contribution in [1.82, 2.24) is 5.32 Å². The first kappa shape index (κ1) is 18.5. The second-order valence-corrected chi connectivity index (χ2v) is 6.86. The zero-order valence-electron chi connectivity index (χ0n) is 14.2. The summed E-state index contributed by atoms with van der Waals surface area (Å²) in [6.45, 7) is 2.33. The number of rotatable bonds is 6. The molecule has 2 amide bonds. The van der Waals surface area contributed by atoms with Crippen molar-refractivity contribution in [2.24, 2.45) is 0 Å².